The van der Waals surface area contributed by atoms with Gasteiger partial charge < -0.3 is 5.73 Å². The molecule has 18 heavy (non-hydrogen) atoms. The molecule has 1 nitrogen and oxygen atoms in total. The fourth-order valence-corrected chi connectivity index (χ4v) is 2.18. The van der Waals surface area contributed by atoms with E-state index < -0.39 is 0 Å². The minimum absolute atomic E-state index is 0.214. The molecule has 2 aromatic rings. The summed E-state index contributed by atoms with van der Waals surface area (Å²) in [6.07, 6.45) is 0. The van der Waals surface area contributed by atoms with Crippen LogP contribution >= 0.6 is 11.6 Å². The number of hydrogen-bond acceptors (Lipinski definition) is 1. The van der Waals surface area contributed by atoms with Crippen LogP contribution in [0.5, 0.6) is 0 Å². The molecule has 1 unspecified atom stereocenters. The Morgan fingerprint density at radius 2 is 1.89 bits per heavy atom. The van der Waals surface area contributed by atoms with Crippen LogP contribution in [0.3, 0.4) is 0 Å². The second-order valence-electron chi connectivity index (χ2n) is 4.44. The maximum absolute atomic E-state index is 13.2. The summed E-state index contributed by atoms with van der Waals surface area (Å²) in [6, 6.07) is 10.3. The van der Waals surface area contributed by atoms with Gasteiger partial charge in [-0.1, -0.05) is 35.9 Å². The van der Waals surface area contributed by atoms with Crippen LogP contribution in [-0.2, 0) is 0 Å². The van der Waals surface area contributed by atoms with E-state index in [0.717, 1.165) is 16.7 Å². The summed E-state index contributed by atoms with van der Waals surface area (Å²) in [5, 5.41) is 0.696. The van der Waals surface area contributed by atoms with Crippen molar-refractivity contribution in [2.75, 3.05) is 0 Å². The molecule has 0 aliphatic rings. The number of aryl methyl sites for hydroxylation is 1. The van der Waals surface area contributed by atoms with E-state index in [1.165, 1.54) is 6.07 Å². The number of benzene rings is 2. The summed E-state index contributed by atoms with van der Waals surface area (Å²) in [5.74, 6) is -0.214. The summed E-state index contributed by atoms with van der Waals surface area (Å²) >= 11 is 6.09. The summed E-state index contributed by atoms with van der Waals surface area (Å²) < 4.78 is 13.2. The third kappa shape index (κ3) is 2.40. The molecule has 0 saturated heterocycles. The fraction of sp³-hybridized carbons (Fsp3) is 0.200. The van der Waals surface area contributed by atoms with E-state index in [-0.39, 0.29) is 11.9 Å². The van der Waals surface area contributed by atoms with Crippen LogP contribution in [0.1, 0.15) is 28.3 Å². The van der Waals surface area contributed by atoms with Crippen molar-refractivity contribution in [2.45, 2.75) is 19.9 Å². The first-order chi connectivity index (χ1) is 8.50. The largest absolute Gasteiger partial charge is 0.320 e. The zero-order valence-electron chi connectivity index (χ0n) is 10.4. The van der Waals surface area contributed by atoms with Gasteiger partial charge in [-0.3, -0.25) is 0 Å². The third-order valence-corrected chi connectivity index (χ3v) is 3.60. The van der Waals surface area contributed by atoms with Gasteiger partial charge in [0, 0.05) is 5.02 Å². The third-order valence-electron chi connectivity index (χ3n) is 3.19. The molecule has 0 aliphatic heterocycles. The molecule has 0 aromatic heterocycles. The maximum Gasteiger partial charge on any atom is 0.126 e. The van der Waals surface area contributed by atoms with Crippen molar-refractivity contribution in [2.24, 2.45) is 5.73 Å². The molecule has 0 aliphatic carbocycles. The van der Waals surface area contributed by atoms with E-state index >= 15 is 0 Å². The summed E-state index contributed by atoms with van der Waals surface area (Å²) in [4.78, 5) is 0. The zero-order chi connectivity index (χ0) is 13.3. The molecule has 0 amide bonds. The Balaban J connectivity index is 2.44. The fourth-order valence-electron chi connectivity index (χ4n) is 2.00. The molecule has 0 spiro atoms. The smallest absolute Gasteiger partial charge is 0.126 e. The van der Waals surface area contributed by atoms with E-state index in [1.54, 1.807) is 19.1 Å². The molecule has 0 fully saturated rings. The van der Waals surface area contributed by atoms with Crippen LogP contribution in [0, 0.1) is 19.7 Å². The van der Waals surface area contributed by atoms with Crippen LogP contribution < -0.4 is 5.73 Å². The van der Waals surface area contributed by atoms with Gasteiger partial charge in [0.2, 0.25) is 0 Å². The Morgan fingerprint density at radius 1 is 1.17 bits per heavy atom. The first-order valence-corrected chi connectivity index (χ1v) is 6.15. The van der Waals surface area contributed by atoms with Gasteiger partial charge in [0.25, 0.3) is 0 Å². The molecular weight excluding hydrogens is 249 g/mol. The standard InChI is InChI=1S/C15H15ClFN/c1-9-8-11(6-7-14(9)17)15(18)12-4-3-5-13(16)10(12)2/h3-8,15H,18H2,1-2H3. The van der Waals surface area contributed by atoms with Crippen LogP contribution in [0.25, 0.3) is 0 Å². The van der Waals surface area contributed by atoms with Gasteiger partial charge in [-0.15, -0.1) is 0 Å². The van der Waals surface area contributed by atoms with Gasteiger partial charge in [0.1, 0.15) is 5.82 Å². The molecule has 3 heteroatoms. The van der Waals surface area contributed by atoms with Gasteiger partial charge in [-0.2, -0.15) is 0 Å². The summed E-state index contributed by atoms with van der Waals surface area (Å²) in [6.45, 7) is 3.67. The monoisotopic (exact) mass is 263 g/mol. The first kappa shape index (κ1) is 13.1. The van der Waals surface area contributed by atoms with E-state index in [2.05, 4.69) is 0 Å². The van der Waals surface area contributed by atoms with E-state index in [1.807, 2.05) is 25.1 Å². The van der Waals surface area contributed by atoms with Crippen LogP contribution in [0.15, 0.2) is 36.4 Å². The SMILES string of the molecule is Cc1cc(C(N)c2cccc(Cl)c2C)ccc1F. The molecule has 94 valence electrons. The molecule has 1 atom stereocenters. The van der Waals surface area contributed by atoms with Crippen LogP contribution in [0.4, 0.5) is 4.39 Å². The first-order valence-electron chi connectivity index (χ1n) is 5.77. The van der Waals surface area contributed by atoms with Crippen molar-refractivity contribution in [3.05, 3.63) is 69.5 Å². The predicted molar refractivity (Wildman–Crippen MR) is 73.4 cm³/mol. The van der Waals surface area contributed by atoms with Crippen LogP contribution in [0.2, 0.25) is 5.02 Å². The Morgan fingerprint density at radius 3 is 2.56 bits per heavy atom. The van der Waals surface area contributed by atoms with E-state index in [4.69, 9.17) is 17.3 Å². The molecule has 2 aromatic carbocycles. The van der Waals surface area contributed by atoms with Gasteiger partial charge in [-0.25, -0.2) is 4.39 Å². The number of rotatable bonds is 2. The molecular formula is C15H15ClFN. The molecule has 0 bridgehead atoms. The van der Waals surface area contributed by atoms with Gasteiger partial charge in [0.05, 0.1) is 6.04 Å². The minimum Gasteiger partial charge on any atom is -0.320 e. The second kappa shape index (κ2) is 5.09. The summed E-state index contributed by atoms with van der Waals surface area (Å²) in [7, 11) is 0. The molecule has 2 N–H and O–H groups in total. The Hall–Kier alpha value is -1.38. The molecule has 2 rings (SSSR count). The Kier molecular flexibility index (Phi) is 3.69. The maximum atomic E-state index is 13.2. The highest BCUT2D eigenvalue weighted by Gasteiger charge is 2.13. The van der Waals surface area contributed by atoms with Crippen molar-refractivity contribution in [1.82, 2.24) is 0 Å². The zero-order valence-corrected chi connectivity index (χ0v) is 11.1. The average molecular weight is 264 g/mol. The topological polar surface area (TPSA) is 26.0 Å². The lowest BCUT2D eigenvalue weighted by Crippen LogP contribution is -2.13. The highest BCUT2D eigenvalue weighted by molar-refractivity contribution is 6.31. The Labute approximate surface area is 111 Å². The lowest BCUT2D eigenvalue weighted by Gasteiger charge is -2.16. The van der Waals surface area contributed by atoms with Crippen molar-refractivity contribution in [3.63, 3.8) is 0 Å². The highest BCUT2D eigenvalue weighted by atomic mass is 35.5. The average Bonchev–Trinajstić information content (AvgIpc) is 2.35. The summed E-state index contributed by atoms with van der Waals surface area (Å²) in [5.41, 5.74) is 9.64. The van der Waals surface area contributed by atoms with Crippen molar-refractivity contribution in [3.8, 4) is 0 Å². The van der Waals surface area contributed by atoms with Gasteiger partial charge in [-0.05, 0) is 48.2 Å². The molecule has 0 radical (unpaired) electrons. The molecule has 0 saturated carbocycles. The van der Waals surface area contributed by atoms with Crippen molar-refractivity contribution < 1.29 is 4.39 Å². The lowest BCUT2D eigenvalue weighted by molar-refractivity contribution is 0.617. The number of halogens is 2. The van der Waals surface area contributed by atoms with E-state index in [9.17, 15) is 4.39 Å². The Bertz CT molecular complexity index is 581. The lowest BCUT2D eigenvalue weighted by atomic mass is 9.95. The van der Waals surface area contributed by atoms with Crippen molar-refractivity contribution in [1.29, 1.82) is 0 Å². The highest BCUT2D eigenvalue weighted by Crippen LogP contribution is 2.27. The van der Waals surface area contributed by atoms with Gasteiger partial charge in [0.15, 0.2) is 0 Å². The van der Waals surface area contributed by atoms with Gasteiger partial charge >= 0.3 is 0 Å². The normalized spacial score (nSPS) is 12.5. The van der Waals surface area contributed by atoms with Crippen molar-refractivity contribution >= 4 is 11.6 Å². The predicted octanol–water partition coefficient (Wildman–Crippen LogP) is 4.14. The minimum atomic E-state index is -0.289. The van der Waals surface area contributed by atoms with E-state index in [0.29, 0.717) is 10.6 Å². The van der Waals surface area contributed by atoms with Crippen LogP contribution in [-0.4, -0.2) is 0 Å². The second-order valence-corrected chi connectivity index (χ2v) is 4.85. The molecule has 0 heterocycles. The number of nitrogens with two attached hydrogens (primary N) is 1. The number of hydrogen-bond donors (Lipinski definition) is 1. The quantitative estimate of drug-likeness (QED) is 0.866.